The van der Waals surface area contributed by atoms with Crippen LogP contribution in [-0.2, 0) is 44.6 Å². The number of likely N-dealkylation sites (N-methyl/N-ethyl adjacent to an activating group) is 2. The van der Waals surface area contributed by atoms with Crippen LogP contribution in [0.1, 0.15) is 107 Å². The molecule has 330 valence electrons. The molecule has 9 atom stereocenters. The van der Waals surface area contributed by atoms with E-state index in [1.165, 1.54) is 7.11 Å². The maximum atomic E-state index is 14.3. The second-order valence-corrected chi connectivity index (χ2v) is 17.9. The maximum absolute atomic E-state index is 14.3. The van der Waals surface area contributed by atoms with Gasteiger partial charge in [0.2, 0.25) is 23.6 Å². The third-order valence-electron chi connectivity index (χ3n) is 11.7. The van der Waals surface area contributed by atoms with Crippen molar-refractivity contribution in [1.29, 1.82) is 0 Å². The fourth-order valence-corrected chi connectivity index (χ4v) is 8.21. The average Bonchev–Trinajstić information content (AvgIpc) is 3.65. The van der Waals surface area contributed by atoms with Gasteiger partial charge < -0.3 is 34.6 Å². The number of nitrogens with zero attached hydrogens (tertiary/aromatic N) is 3. The van der Waals surface area contributed by atoms with Crippen molar-refractivity contribution in [1.82, 2.24) is 25.3 Å². The van der Waals surface area contributed by atoms with Crippen LogP contribution < -0.4 is 10.6 Å². The molecule has 0 saturated carbocycles. The van der Waals surface area contributed by atoms with Crippen molar-refractivity contribution in [2.24, 2.45) is 23.7 Å². The van der Waals surface area contributed by atoms with Crippen LogP contribution in [0, 0.1) is 23.7 Å². The van der Waals surface area contributed by atoms with Crippen LogP contribution in [0.3, 0.4) is 0 Å². The molecule has 4 amide bonds. The summed E-state index contributed by atoms with van der Waals surface area (Å²) in [5.74, 6) is -2.39. The van der Waals surface area contributed by atoms with Crippen molar-refractivity contribution in [3.05, 3.63) is 35.9 Å². The Kier molecular flexibility index (Phi) is 20.3. The molecule has 58 heavy (non-hydrogen) atoms. The van der Waals surface area contributed by atoms with Gasteiger partial charge in [0.05, 0.1) is 42.7 Å². The molecule has 2 N–H and O–H groups in total. The van der Waals surface area contributed by atoms with Crippen LogP contribution >= 0.6 is 0 Å². The number of amides is 4. The Balaban J connectivity index is 2.32. The van der Waals surface area contributed by atoms with E-state index in [1.54, 1.807) is 51.7 Å². The van der Waals surface area contributed by atoms with Gasteiger partial charge in [-0.3, -0.25) is 24.1 Å². The van der Waals surface area contributed by atoms with Crippen LogP contribution in [0.25, 0.3) is 0 Å². The Morgan fingerprint density at radius 1 is 0.879 bits per heavy atom. The Hall–Kier alpha value is -3.55. The van der Waals surface area contributed by atoms with E-state index >= 15 is 0 Å². The zero-order valence-corrected chi connectivity index (χ0v) is 38.3. The van der Waals surface area contributed by atoms with Gasteiger partial charge in [-0.25, -0.2) is 4.79 Å². The number of nitrogens with one attached hydrogen (secondary N) is 2. The Morgan fingerprint density at radius 3 is 2.00 bits per heavy atom. The number of likely N-dealkylation sites (tertiary alicyclic amines) is 1. The highest BCUT2D eigenvalue weighted by Crippen LogP contribution is 2.30. The molecule has 0 aromatic heterocycles. The smallest absolute Gasteiger partial charge is 0.329 e. The molecule has 0 radical (unpaired) electrons. The number of carbonyl (C=O) groups excluding carboxylic acids is 5. The highest BCUT2D eigenvalue weighted by atomic mass is 16.6. The summed E-state index contributed by atoms with van der Waals surface area (Å²) in [6.45, 7) is 22.2. The molecular weight excluding hydrogens is 739 g/mol. The first-order chi connectivity index (χ1) is 27.1. The first-order valence-corrected chi connectivity index (χ1v) is 21.3. The van der Waals surface area contributed by atoms with Crippen LogP contribution in [0.15, 0.2) is 30.3 Å². The van der Waals surface area contributed by atoms with Gasteiger partial charge in [-0.1, -0.05) is 92.1 Å². The van der Waals surface area contributed by atoms with E-state index in [0.29, 0.717) is 19.5 Å². The van der Waals surface area contributed by atoms with Gasteiger partial charge in [0.25, 0.3) is 0 Å². The first kappa shape index (κ1) is 50.6. The lowest BCUT2D eigenvalue weighted by Gasteiger charge is -2.41. The van der Waals surface area contributed by atoms with Gasteiger partial charge in [0, 0.05) is 34.2 Å². The fraction of sp³-hybridized carbons (Fsp3) is 0.756. The highest BCUT2D eigenvalue weighted by molar-refractivity contribution is 5.90. The zero-order chi connectivity index (χ0) is 44.1. The minimum atomic E-state index is -0.923. The second kappa shape index (κ2) is 23.3. The SMILES string of the molecule is CC[C@H](C)[C@@H]([C@@H](CC(=O)N1CCC[C@H]1[C@H](OC)[C@@H](C)C(=O)N[C@@H](Cc1ccccc1)C(=O)OC(C)(C)C)OC)N(C)C(=O)[C@@H](NC(=O)[C@H](C(C)C)N(C)CC)C(C)C. The first-order valence-electron chi connectivity index (χ1n) is 21.3. The molecule has 1 heterocycles. The van der Waals surface area contributed by atoms with Gasteiger partial charge in [0.1, 0.15) is 17.7 Å². The van der Waals surface area contributed by atoms with E-state index in [9.17, 15) is 24.0 Å². The predicted octanol–water partition coefficient (Wildman–Crippen LogP) is 5.09. The van der Waals surface area contributed by atoms with E-state index in [4.69, 9.17) is 14.2 Å². The van der Waals surface area contributed by atoms with Gasteiger partial charge in [0.15, 0.2) is 0 Å². The van der Waals surface area contributed by atoms with Gasteiger partial charge >= 0.3 is 5.97 Å². The number of methoxy groups -OCH3 is 2. The average molecular weight is 816 g/mol. The number of hydrogen-bond donors (Lipinski definition) is 2. The summed E-state index contributed by atoms with van der Waals surface area (Å²) >= 11 is 0. The van der Waals surface area contributed by atoms with E-state index in [0.717, 1.165) is 18.4 Å². The summed E-state index contributed by atoms with van der Waals surface area (Å²) in [7, 11) is 6.74. The standard InChI is InChI=1S/C45H77N5O8/c1-16-30(7)39(49(13)43(54)37(28(3)4)47-42(53)38(29(5)6)48(12)17-2)35(56-14)27-36(51)50-25-21-24-34(50)40(57-15)31(8)41(52)46-33(44(55)58-45(9,10)11)26-32-22-19-18-20-23-32/h18-20,22-23,28-31,33-35,37-40H,16-17,21,24-27H2,1-15H3,(H,46,52)(H,47,53)/t30-,31+,33-,34-,35+,37-,38-,39-,40+/m0/s1. The van der Waals surface area contributed by atoms with Crippen molar-refractivity contribution in [3.63, 3.8) is 0 Å². The summed E-state index contributed by atoms with van der Waals surface area (Å²) in [6, 6.07) is 6.49. The molecule has 1 fully saturated rings. The summed E-state index contributed by atoms with van der Waals surface area (Å²) in [5.41, 5.74) is 0.134. The van der Waals surface area contributed by atoms with E-state index in [2.05, 4.69) is 10.6 Å². The lowest BCUT2D eigenvalue weighted by molar-refractivity contribution is -0.159. The van der Waals surface area contributed by atoms with Crippen LogP contribution in [0.5, 0.6) is 0 Å². The number of benzene rings is 1. The van der Waals surface area contributed by atoms with Gasteiger partial charge in [-0.05, 0) is 70.5 Å². The lowest BCUT2D eigenvalue weighted by Crippen LogP contribution is -2.60. The predicted molar refractivity (Wildman–Crippen MR) is 228 cm³/mol. The number of esters is 1. The molecule has 0 aliphatic carbocycles. The van der Waals surface area contributed by atoms with Crippen LogP contribution in [-0.4, -0.2) is 134 Å². The Labute approximate surface area is 349 Å². The van der Waals surface area contributed by atoms with Crippen molar-refractivity contribution in [2.75, 3.05) is 41.4 Å². The van der Waals surface area contributed by atoms with E-state index in [-0.39, 0.29) is 54.2 Å². The third kappa shape index (κ3) is 14.0. The molecule has 0 bridgehead atoms. The largest absolute Gasteiger partial charge is 0.458 e. The minimum absolute atomic E-state index is 0.00382. The minimum Gasteiger partial charge on any atom is -0.458 e. The molecule has 1 aromatic carbocycles. The maximum Gasteiger partial charge on any atom is 0.329 e. The molecule has 1 aliphatic heterocycles. The number of hydrogen-bond acceptors (Lipinski definition) is 9. The molecule has 13 heteroatoms. The van der Waals surface area contributed by atoms with Gasteiger partial charge in [-0.15, -0.1) is 0 Å². The second-order valence-electron chi connectivity index (χ2n) is 17.9. The van der Waals surface area contributed by atoms with Crippen molar-refractivity contribution in [3.8, 4) is 0 Å². The molecular formula is C45H77N5O8. The van der Waals surface area contributed by atoms with Crippen molar-refractivity contribution >= 4 is 29.6 Å². The monoisotopic (exact) mass is 816 g/mol. The lowest BCUT2D eigenvalue weighted by atomic mass is 9.89. The normalized spacial score (nSPS) is 18.9. The summed E-state index contributed by atoms with van der Waals surface area (Å²) < 4.78 is 17.7. The van der Waals surface area contributed by atoms with Crippen molar-refractivity contribution in [2.45, 2.75) is 156 Å². The van der Waals surface area contributed by atoms with E-state index in [1.807, 2.05) is 90.7 Å². The highest BCUT2D eigenvalue weighted by Gasteiger charge is 2.43. The molecule has 0 spiro atoms. The molecule has 2 rings (SSSR count). The zero-order valence-electron chi connectivity index (χ0n) is 38.3. The fourth-order valence-electron chi connectivity index (χ4n) is 8.21. The molecule has 13 nitrogen and oxygen atoms in total. The van der Waals surface area contributed by atoms with E-state index < -0.39 is 59.9 Å². The Bertz CT molecular complexity index is 1470. The summed E-state index contributed by atoms with van der Waals surface area (Å²) in [4.78, 5) is 75.0. The third-order valence-corrected chi connectivity index (χ3v) is 11.7. The molecule has 1 saturated heterocycles. The summed E-state index contributed by atoms with van der Waals surface area (Å²) in [5, 5.41) is 6.01. The number of carbonyl (C=O) groups is 5. The topological polar surface area (TPSA) is 147 Å². The van der Waals surface area contributed by atoms with Crippen LogP contribution in [0.2, 0.25) is 0 Å². The molecule has 0 unspecified atom stereocenters. The van der Waals surface area contributed by atoms with Gasteiger partial charge in [-0.2, -0.15) is 0 Å². The van der Waals surface area contributed by atoms with Crippen LogP contribution in [0.4, 0.5) is 0 Å². The number of rotatable bonds is 22. The Morgan fingerprint density at radius 2 is 1.50 bits per heavy atom. The van der Waals surface area contributed by atoms with Crippen molar-refractivity contribution < 1.29 is 38.2 Å². The summed E-state index contributed by atoms with van der Waals surface area (Å²) in [6.07, 6.45) is 1.04. The quantitative estimate of drug-likeness (QED) is 0.153. The number of ether oxygens (including phenoxy) is 3. The molecule has 1 aliphatic rings. The molecule has 1 aromatic rings.